The molecular weight excluding hydrogens is 558 g/mol. The first kappa shape index (κ1) is 29.6. The van der Waals surface area contributed by atoms with Crippen LogP contribution in [0.4, 0.5) is 5.69 Å². The first-order valence-electron chi connectivity index (χ1n) is 14.2. The van der Waals surface area contributed by atoms with Crippen molar-refractivity contribution in [2.45, 2.75) is 52.7 Å². The summed E-state index contributed by atoms with van der Waals surface area (Å²) in [6.07, 6.45) is 6.92. The van der Waals surface area contributed by atoms with Crippen molar-refractivity contribution in [3.8, 4) is 5.75 Å². The Labute approximate surface area is 249 Å². The third-order valence-corrected chi connectivity index (χ3v) is 9.27. The number of carbonyl (C=O) groups excluding carboxylic acids is 2. The maximum Gasteiger partial charge on any atom is 0.338 e. The number of rotatable bonds is 11. The van der Waals surface area contributed by atoms with Crippen LogP contribution in [0.3, 0.4) is 0 Å². The molecule has 2 heterocycles. The fourth-order valence-corrected chi connectivity index (χ4v) is 6.43. The molecule has 4 atom stereocenters. The predicted molar refractivity (Wildman–Crippen MR) is 158 cm³/mol. The molecule has 10 nitrogen and oxygen atoms in total. The van der Waals surface area contributed by atoms with Crippen LogP contribution in [0.2, 0.25) is 5.02 Å². The van der Waals surface area contributed by atoms with Gasteiger partial charge >= 0.3 is 5.97 Å². The summed E-state index contributed by atoms with van der Waals surface area (Å²) in [5.74, 6) is 1.36. The number of aromatic nitrogens is 3. The Balaban J connectivity index is 1.11. The second-order valence-corrected chi connectivity index (χ2v) is 12.0. The molecule has 3 aromatic rings. The van der Waals surface area contributed by atoms with Gasteiger partial charge in [0.1, 0.15) is 30.5 Å². The number of carbonyl (C=O) groups is 2. The van der Waals surface area contributed by atoms with Crippen LogP contribution in [0.1, 0.15) is 49.5 Å². The van der Waals surface area contributed by atoms with Crippen molar-refractivity contribution >= 4 is 29.2 Å². The van der Waals surface area contributed by atoms with Crippen LogP contribution in [0, 0.1) is 23.2 Å². The Kier molecular flexibility index (Phi) is 8.82. The van der Waals surface area contributed by atoms with E-state index in [0.717, 1.165) is 11.1 Å². The summed E-state index contributed by atoms with van der Waals surface area (Å²) in [5, 5.41) is 10.5. The molecule has 0 saturated heterocycles. The summed E-state index contributed by atoms with van der Waals surface area (Å²) < 4.78 is 12.0. The van der Waals surface area contributed by atoms with E-state index >= 15 is 0 Å². The van der Waals surface area contributed by atoms with Gasteiger partial charge in [0.25, 0.3) is 5.56 Å². The Hall–Kier alpha value is -3.92. The van der Waals surface area contributed by atoms with Gasteiger partial charge in [-0.2, -0.15) is 5.10 Å². The van der Waals surface area contributed by atoms with E-state index in [1.165, 1.54) is 18.8 Å². The number of hydrogen-bond donors (Lipinski definition) is 2. The largest absolute Gasteiger partial charge is 0.488 e. The van der Waals surface area contributed by atoms with Gasteiger partial charge in [0.05, 0.1) is 23.6 Å². The molecule has 222 valence electrons. The highest BCUT2D eigenvalue weighted by atomic mass is 35.5. The topological polar surface area (TPSA) is 124 Å². The summed E-state index contributed by atoms with van der Waals surface area (Å²) in [4.78, 5) is 41.8. The maximum atomic E-state index is 12.9. The SMILES string of the molecule is C[C@H]1[C@H](Nc2cnn(CC(=O)NCc3ccncc3OCCOC(=O)c3ccccc3)c(=O)c2Cl)C[C@H]2C[C@@H]1C2(C)C. The van der Waals surface area contributed by atoms with Crippen molar-refractivity contribution in [1.29, 1.82) is 0 Å². The zero-order valence-corrected chi connectivity index (χ0v) is 24.8. The molecule has 1 aromatic carbocycles. The molecule has 2 bridgehead atoms. The van der Waals surface area contributed by atoms with Crippen molar-refractivity contribution in [3.63, 3.8) is 0 Å². The number of halogens is 1. The number of hydrogen-bond acceptors (Lipinski definition) is 8. The van der Waals surface area contributed by atoms with Gasteiger partial charge in [-0.3, -0.25) is 14.6 Å². The first-order valence-corrected chi connectivity index (χ1v) is 14.6. The Bertz CT molecular complexity index is 1490. The molecule has 0 unspecified atom stereocenters. The van der Waals surface area contributed by atoms with Crippen LogP contribution < -0.4 is 20.9 Å². The second-order valence-electron chi connectivity index (χ2n) is 11.7. The third kappa shape index (κ3) is 6.28. The van der Waals surface area contributed by atoms with Crippen LogP contribution in [0.5, 0.6) is 5.75 Å². The van der Waals surface area contributed by atoms with Crippen molar-refractivity contribution in [2.24, 2.45) is 23.2 Å². The molecule has 0 radical (unpaired) electrons. The number of fused-ring (bicyclic) bond motifs is 2. The highest BCUT2D eigenvalue weighted by Crippen LogP contribution is 2.61. The predicted octanol–water partition coefficient (Wildman–Crippen LogP) is 4.33. The highest BCUT2D eigenvalue weighted by molar-refractivity contribution is 6.32. The van der Waals surface area contributed by atoms with E-state index in [2.05, 4.69) is 41.5 Å². The van der Waals surface area contributed by atoms with Crippen LogP contribution >= 0.6 is 11.6 Å². The van der Waals surface area contributed by atoms with Gasteiger partial charge in [-0.05, 0) is 54.2 Å². The Morgan fingerprint density at radius 3 is 2.64 bits per heavy atom. The van der Waals surface area contributed by atoms with Crippen molar-refractivity contribution in [3.05, 3.63) is 81.5 Å². The molecule has 3 aliphatic rings. The number of esters is 1. The van der Waals surface area contributed by atoms with Crippen molar-refractivity contribution in [2.75, 3.05) is 18.5 Å². The smallest absolute Gasteiger partial charge is 0.338 e. The molecule has 3 aliphatic carbocycles. The molecule has 11 heteroatoms. The number of benzene rings is 1. The van der Waals surface area contributed by atoms with E-state index in [9.17, 15) is 14.4 Å². The van der Waals surface area contributed by atoms with Crippen molar-refractivity contribution in [1.82, 2.24) is 20.1 Å². The average molecular weight is 594 g/mol. The minimum absolute atomic E-state index is 0.0290. The molecule has 2 aromatic heterocycles. The number of anilines is 1. The molecule has 0 spiro atoms. The van der Waals surface area contributed by atoms with Gasteiger partial charge in [-0.15, -0.1) is 0 Å². The molecule has 2 N–H and O–H groups in total. The highest BCUT2D eigenvalue weighted by Gasteiger charge is 2.56. The maximum absolute atomic E-state index is 12.9. The van der Waals surface area contributed by atoms with Crippen LogP contribution in [0.25, 0.3) is 0 Å². The lowest BCUT2D eigenvalue weighted by Gasteiger charge is -2.62. The summed E-state index contributed by atoms with van der Waals surface area (Å²) in [5.41, 5.74) is 1.47. The third-order valence-electron chi connectivity index (χ3n) is 8.90. The molecular formula is C31H36ClN5O5. The molecule has 6 rings (SSSR count). The first-order chi connectivity index (χ1) is 20.1. The summed E-state index contributed by atoms with van der Waals surface area (Å²) in [6.45, 7) is 6.96. The number of amides is 1. The Morgan fingerprint density at radius 1 is 1.12 bits per heavy atom. The van der Waals surface area contributed by atoms with E-state index in [1.54, 1.807) is 36.5 Å². The zero-order chi connectivity index (χ0) is 29.9. The monoisotopic (exact) mass is 593 g/mol. The Morgan fingerprint density at radius 2 is 1.90 bits per heavy atom. The van der Waals surface area contributed by atoms with Crippen LogP contribution in [0.15, 0.2) is 59.8 Å². The molecule has 3 fully saturated rings. The van der Waals surface area contributed by atoms with Gasteiger partial charge in [0.15, 0.2) is 0 Å². The van der Waals surface area contributed by atoms with E-state index in [1.807, 2.05) is 6.07 Å². The van der Waals surface area contributed by atoms with Gasteiger partial charge < -0.3 is 20.1 Å². The van der Waals surface area contributed by atoms with Crippen LogP contribution in [-0.2, 0) is 22.6 Å². The second kappa shape index (κ2) is 12.5. The lowest BCUT2D eigenvalue weighted by Crippen LogP contribution is -2.58. The number of pyridine rings is 1. The number of nitrogens with one attached hydrogen (secondary N) is 2. The zero-order valence-electron chi connectivity index (χ0n) is 24.0. The molecule has 1 amide bonds. The number of ether oxygens (including phenoxy) is 2. The van der Waals surface area contributed by atoms with E-state index in [-0.39, 0.29) is 37.4 Å². The molecule has 0 aliphatic heterocycles. The standard InChI is InChI=1S/C31H36ClN5O5/c1-19-23-13-22(31(23,2)3)14-24(19)36-25-16-35-37(29(39)28(25)32)18-27(38)34-15-21-9-10-33-17-26(21)41-11-12-42-30(40)20-7-5-4-6-8-20/h4-10,16-17,19,22-24,36H,11-15,18H2,1-3H3,(H,34,38)/t19-,22-,23+,24-/m1/s1. The molecule has 3 saturated carbocycles. The van der Waals surface area contributed by atoms with E-state index in [4.69, 9.17) is 21.1 Å². The molecule has 42 heavy (non-hydrogen) atoms. The van der Waals surface area contributed by atoms with Gasteiger partial charge in [0.2, 0.25) is 5.91 Å². The van der Waals surface area contributed by atoms with Crippen LogP contribution in [-0.4, -0.2) is 45.9 Å². The minimum Gasteiger partial charge on any atom is -0.488 e. The van der Waals surface area contributed by atoms with Crippen molar-refractivity contribution < 1.29 is 19.1 Å². The summed E-state index contributed by atoms with van der Waals surface area (Å²) in [7, 11) is 0. The lowest BCUT2D eigenvalue weighted by atomic mass is 9.45. The van der Waals surface area contributed by atoms with Gasteiger partial charge in [0, 0.05) is 24.3 Å². The number of nitrogens with zero attached hydrogens (tertiary/aromatic N) is 3. The lowest BCUT2D eigenvalue weighted by molar-refractivity contribution is -0.122. The fourth-order valence-electron chi connectivity index (χ4n) is 6.23. The minimum atomic E-state index is -0.524. The quantitative estimate of drug-likeness (QED) is 0.249. The van der Waals surface area contributed by atoms with E-state index in [0.29, 0.717) is 45.7 Å². The van der Waals surface area contributed by atoms with E-state index < -0.39 is 17.4 Å². The normalized spacial score (nSPS) is 22.0. The fraction of sp³-hybridized carbons (Fsp3) is 0.452. The van der Waals surface area contributed by atoms with Gasteiger partial charge in [-0.25, -0.2) is 9.48 Å². The van der Waals surface area contributed by atoms with Gasteiger partial charge in [-0.1, -0.05) is 50.6 Å². The summed E-state index contributed by atoms with van der Waals surface area (Å²) >= 11 is 6.44. The average Bonchev–Trinajstić information content (AvgIpc) is 2.99. The summed E-state index contributed by atoms with van der Waals surface area (Å²) in [6, 6.07) is 10.6.